The molecule has 22 nitrogen and oxygen atoms in total. The van der Waals surface area contributed by atoms with E-state index < -0.39 is 74.6 Å². The normalized spacial score (nSPS) is 12.3. The number of nitro groups is 1. The Hall–Kier alpha value is -4.58. The third-order valence-corrected chi connectivity index (χ3v) is 8.96. The molecule has 0 aromatic heterocycles. The fourth-order valence-corrected chi connectivity index (χ4v) is 6.16. The summed E-state index contributed by atoms with van der Waals surface area (Å²) in [5.41, 5.74) is -2.79. The van der Waals surface area contributed by atoms with Crippen molar-refractivity contribution >= 4 is 83.5 Å². The predicted molar refractivity (Wildman–Crippen MR) is 163 cm³/mol. The standard InChI is InChI=1S/C23H17N5O17S4/c1-41-12-3-5-14(17(9-12)48(35,36)37)25-26-20-16(47-45-43-34)6-10-7-18(49(38,39)40)21(23(30)19(10)22(20)29)27-24-13-4-2-11(28(31)32)8-15(13)46-44-42-33/h2-9,29-30,33-34H,1H3,(H,35,36,37)(H,38,39,40). The summed E-state index contributed by atoms with van der Waals surface area (Å²) < 4.78 is 81.9. The van der Waals surface area contributed by atoms with Gasteiger partial charge in [-0.15, -0.1) is 29.1 Å². The Kier molecular flexibility index (Phi) is 11.6. The number of nitrogens with zero attached hydrogens (tertiary/aromatic N) is 5. The van der Waals surface area contributed by atoms with Crippen molar-refractivity contribution in [1.29, 1.82) is 0 Å². The number of azo groups is 2. The van der Waals surface area contributed by atoms with Crippen LogP contribution in [0.4, 0.5) is 28.4 Å². The van der Waals surface area contributed by atoms with Gasteiger partial charge in [0.15, 0.2) is 11.5 Å². The molecule has 0 aliphatic rings. The maximum Gasteiger partial charge on any atom is 0.296 e. The van der Waals surface area contributed by atoms with Crippen LogP contribution in [0.2, 0.25) is 0 Å². The van der Waals surface area contributed by atoms with Crippen LogP contribution in [-0.4, -0.2) is 58.7 Å². The van der Waals surface area contributed by atoms with Crippen LogP contribution in [0.25, 0.3) is 10.8 Å². The number of non-ortho nitro benzene ring substituents is 1. The summed E-state index contributed by atoms with van der Waals surface area (Å²) in [5.74, 6) is -2.10. The van der Waals surface area contributed by atoms with Crippen molar-refractivity contribution in [2.75, 3.05) is 7.11 Å². The molecule has 0 saturated carbocycles. The van der Waals surface area contributed by atoms with Crippen molar-refractivity contribution in [2.45, 2.75) is 19.6 Å². The van der Waals surface area contributed by atoms with Gasteiger partial charge in [0.1, 0.15) is 38.3 Å². The van der Waals surface area contributed by atoms with Crippen LogP contribution in [0.5, 0.6) is 17.2 Å². The van der Waals surface area contributed by atoms with E-state index in [4.69, 9.17) is 15.3 Å². The van der Waals surface area contributed by atoms with E-state index in [-0.39, 0.29) is 50.7 Å². The summed E-state index contributed by atoms with van der Waals surface area (Å²) >= 11 is 0.395. The summed E-state index contributed by atoms with van der Waals surface area (Å²) in [4.78, 5) is 8.06. The Morgan fingerprint density at radius 2 is 1.31 bits per heavy atom. The number of nitro benzene ring substituents is 1. The van der Waals surface area contributed by atoms with Gasteiger partial charge in [-0.05, 0) is 35.7 Å². The van der Waals surface area contributed by atoms with Crippen LogP contribution in [0.15, 0.2) is 88.6 Å². The molecule has 0 aliphatic carbocycles. The van der Waals surface area contributed by atoms with Gasteiger partial charge in [0.2, 0.25) is 0 Å². The highest BCUT2D eigenvalue weighted by molar-refractivity contribution is 7.95. The second-order valence-corrected chi connectivity index (χ2v) is 13.1. The molecule has 0 saturated heterocycles. The molecule has 4 aromatic carbocycles. The minimum absolute atomic E-state index is 0.0137. The van der Waals surface area contributed by atoms with E-state index in [1.54, 1.807) is 0 Å². The number of hydrogen-bond donors (Lipinski definition) is 6. The van der Waals surface area contributed by atoms with E-state index in [1.165, 1.54) is 13.2 Å². The molecule has 6 N–H and O–H groups in total. The average molecular weight is 764 g/mol. The van der Waals surface area contributed by atoms with Gasteiger partial charge in [-0.3, -0.25) is 19.2 Å². The van der Waals surface area contributed by atoms with E-state index in [0.29, 0.717) is 0 Å². The number of ether oxygens (including phenoxy) is 1. The monoisotopic (exact) mass is 763 g/mol. The number of phenols is 2. The lowest BCUT2D eigenvalue weighted by Gasteiger charge is -2.13. The Morgan fingerprint density at radius 3 is 1.90 bits per heavy atom. The van der Waals surface area contributed by atoms with Gasteiger partial charge in [0.05, 0.1) is 51.3 Å². The minimum Gasteiger partial charge on any atom is -0.505 e. The van der Waals surface area contributed by atoms with Gasteiger partial charge in [-0.25, -0.2) is 10.5 Å². The largest absolute Gasteiger partial charge is 0.505 e. The smallest absolute Gasteiger partial charge is 0.296 e. The second-order valence-electron chi connectivity index (χ2n) is 8.79. The number of phenolic OH excluding ortho intramolecular Hbond substituents is 2. The van der Waals surface area contributed by atoms with Crippen LogP contribution >= 0.6 is 24.1 Å². The third-order valence-electron chi connectivity index (χ3n) is 5.95. The van der Waals surface area contributed by atoms with Gasteiger partial charge in [0.25, 0.3) is 25.9 Å². The minimum atomic E-state index is -5.22. The van der Waals surface area contributed by atoms with E-state index in [0.717, 1.165) is 42.5 Å². The van der Waals surface area contributed by atoms with E-state index in [2.05, 4.69) is 39.2 Å². The third kappa shape index (κ3) is 8.54. The molecule has 0 atom stereocenters. The average Bonchev–Trinajstić information content (AvgIpc) is 3.04. The first-order valence-corrected chi connectivity index (χ1v) is 16.6. The molecule has 4 aromatic rings. The fourth-order valence-electron chi connectivity index (χ4n) is 3.90. The first kappa shape index (κ1) is 37.2. The maximum atomic E-state index is 12.4. The zero-order chi connectivity index (χ0) is 36.1. The van der Waals surface area contributed by atoms with E-state index >= 15 is 0 Å². The van der Waals surface area contributed by atoms with Gasteiger partial charge >= 0.3 is 0 Å². The van der Waals surface area contributed by atoms with Crippen LogP contribution in [0.3, 0.4) is 0 Å². The molecule has 0 heterocycles. The SMILES string of the molecule is COc1ccc(N=Nc2c(SOOO)cc3cc(S(=O)(=O)O)c(N=Nc4ccc([N+](=O)[O-])cc4SOOO)c(O)c3c2O)c(S(=O)(=O)O)c1. The van der Waals surface area contributed by atoms with Crippen molar-refractivity contribution in [3.05, 3.63) is 58.6 Å². The molecular formula is C23H17N5O17S4. The Bertz CT molecular complexity index is 2220. The van der Waals surface area contributed by atoms with Crippen molar-refractivity contribution < 1.29 is 75.1 Å². The molecule has 0 amide bonds. The molecule has 0 spiro atoms. The lowest BCUT2D eigenvalue weighted by molar-refractivity contribution is -0.432. The number of hydrogen-bond acceptors (Lipinski definition) is 21. The molecule has 4 rings (SSSR count). The summed E-state index contributed by atoms with van der Waals surface area (Å²) in [6.45, 7) is 0. The van der Waals surface area contributed by atoms with Gasteiger partial charge in [-0.1, -0.05) is 10.1 Å². The first-order valence-electron chi connectivity index (χ1n) is 12.2. The highest BCUT2D eigenvalue weighted by Crippen LogP contribution is 2.51. The van der Waals surface area contributed by atoms with Crippen molar-refractivity contribution in [3.63, 3.8) is 0 Å². The molecule has 49 heavy (non-hydrogen) atoms. The fraction of sp³-hybridized carbons (Fsp3) is 0.0435. The van der Waals surface area contributed by atoms with Crippen molar-refractivity contribution in [3.8, 4) is 17.2 Å². The second kappa shape index (κ2) is 15.3. The van der Waals surface area contributed by atoms with E-state index in [9.17, 15) is 46.3 Å². The predicted octanol–water partition coefficient (Wildman–Crippen LogP) is 6.35. The number of rotatable bonds is 14. The van der Waals surface area contributed by atoms with E-state index in [1.807, 2.05) is 0 Å². The Balaban J connectivity index is 1.97. The molecular weight excluding hydrogens is 747 g/mol. The highest BCUT2D eigenvalue weighted by Gasteiger charge is 2.27. The number of methoxy groups -OCH3 is 1. The highest BCUT2D eigenvalue weighted by atomic mass is 32.2. The summed E-state index contributed by atoms with van der Waals surface area (Å²) in [7, 11) is -8.90. The van der Waals surface area contributed by atoms with Crippen LogP contribution in [0, 0.1) is 10.1 Å². The van der Waals surface area contributed by atoms with Crippen LogP contribution < -0.4 is 4.74 Å². The van der Waals surface area contributed by atoms with Gasteiger partial charge < -0.3 is 14.9 Å². The summed E-state index contributed by atoms with van der Waals surface area (Å²) in [5, 5.41) is 71.9. The Morgan fingerprint density at radius 1 is 0.735 bits per heavy atom. The van der Waals surface area contributed by atoms with Crippen LogP contribution in [-0.2, 0) is 39.0 Å². The topological polar surface area (TPSA) is 328 Å². The molecule has 0 fully saturated rings. The number of fused-ring (bicyclic) bond motifs is 1. The van der Waals surface area contributed by atoms with Crippen molar-refractivity contribution in [1.82, 2.24) is 0 Å². The summed E-state index contributed by atoms with van der Waals surface area (Å²) in [6, 6.07) is 7.92. The Labute approximate surface area is 281 Å². The number of aromatic hydroxyl groups is 2. The zero-order valence-electron chi connectivity index (χ0n) is 23.7. The molecule has 260 valence electrons. The van der Waals surface area contributed by atoms with Crippen LogP contribution in [0.1, 0.15) is 0 Å². The molecule has 0 bridgehead atoms. The lowest BCUT2D eigenvalue weighted by atomic mass is 10.1. The van der Waals surface area contributed by atoms with Gasteiger partial charge in [0, 0.05) is 18.2 Å². The first-order chi connectivity index (χ1) is 23.1. The molecule has 0 unspecified atom stereocenters. The molecule has 26 heteroatoms. The van der Waals surface area contributed by atoms with Crippen molar-refractivity contribution in [2.24, 2.45) is 20.5 Å². The quantitative estimate of drug-likeness (QED) is 0.0203. The lowest BCUT2D eigenvalue weighted by Crippen LogP contribution is -1.99. The molecule has 0 radical (unpaired) electrons. The summed E-state index contributed by atoms with van der Waals surface area (Å²) in [6.07, 6.45) is 0. The maximum absolute atomic E-state index is 12.4. The molecule has 0 aliphatic heterocycles. The zero-order valence-corrected chi connectivity index (χ0v) is 26.9. The van der Waals surface area contributed by atoms with Gasteiger partial charge in [-0.2, -0.15) is 16.8 Å². The number of benzene rings is 4.